The molecule has 1 aliphatic rings. The first-order valence-electron chi connectivity index (χ1n) is 7.69. The molecule has 4 rings (SSSR count). The molecule has 1 saturated carbocycles. The van der Waals surface area contributed by atoms with E-state index in [0.29, 0.717) is 23.5 Å². The molecule has 0 unspecified atom stereocenters. The number of benzene rings is 1. The van der Waals surface area contributed by atoms with Crippen molar-refractivity contribution < 1.29 is 4.52 Å². The molecule has 1 N–H and O–H groups in total. The average Bonchev–Trinajstić information content (AvgIpc) is 3.07. The van der Waals surface area contributed by atoms with E-state index in [1.807, 2.05) is 26.2 Å². The molecule has 0 spiro atoms. The number of nitrogens with one attached hydrogen (secondary N) is 1. The van der Waals surface area contributed by atoms with E-state index in [1.54, 1.807) is 0 Å². The van der Waals surface area contributed by atoms with E-state index < -0.39 is 0 Å². The minimum absolute atomic E-state index is 0.418. The van der Waals surface area contributed by atoms with Gasteiger partial charge in [-0.05, 0) is 44.6 Å². The van der Waals surface area contributed by atoms with Gasteiger partial charge >= 0.3 is 0 Å². The van der Waals surface area contributed by atoms with Crippen LogP contribution in [0, 0.1) is 0 Å². The van der Waals surface area contributed by atoms with E-state index in [4.69, 9.17) is 4.52 Å². The number of H-pyrrole nitrogens is 1. The Balaban J connectivity index is 1.59. The van der Waals surface area contributed by atoms with Gasteiger partial charge in [0.15, 0.2) is 0 Å². The fourth-order valence-electron chi connectivity index (χ4n) is 2.51. The van der Waals surface area contributed by atoms with E-state index in [1.165, 1.54) is 18.4 Å². The second-order valence-corrected chi connectivity index (χ2v) is 6.18. The van der Waals surface area contributed by atoms with Crippen molar-refractivity contribution in [3.63, 3.8) is 0 Å². The summed E-state index contributed by atoms with van der Waals surface area (Å²) in [4.78, 5) is 11.0. The number of rotatable bonds is 5. The normalized spacial score (nSPS) is 14.6. The molecule has 0 radical (unpaired) electrons. The van der Waals surface area contributed by atoms with E-state index in [9.17, 15) is 0 Å². The van der Waals surface area contributed by atoms with Crippen LogP contribution in [-0.2, 0) is 6.54 Å². The van der Waals surface area contributed by atoms with Crippen LogP contribution < -0.4 is 0 Å². The van der Waals surface area contributed by atoms with E-state index in [0.717, 1.165) is 17.9 Å². The number of aromatic amines is 1. The van der Waals surface area contributed by atoms with Crippen LogP contribution in [0.15, 0.2) is 28.8 Å². The summed E-state index contributed by atoms with van der Waals surface area (Å²) in [5.41, 5.74) is 2.10. The topological polar surface area (TPSA) is 83.7 Å². The van der Waals surface area contributed by atoms with Crippen LogP contribution in [0.25, 0.3) is 23.1 Å². The molecular formula is C16H18N6O. The summed E-state index contributed by atoms with van der Waals surface area (Å²) in [5.74, 6) is 2.83. The maximum Gasteiger partial charge on any atom is 0.258 e. The molecule has 118 valence electrons. The fourth-order valence-corrected chi connectivity index (χ4v) is 2.51. The van der Waals surface area contributed by atoms with Crippen molar-refractivity contribution in [1.29, 1.82) is 0 Å². The molecule has 2 heterocycles. The lowest BCUT2D eigenvalue weighted by atomic mass is 10.1. The van der Waals surface area contributed by atoms with Gasteiger partial charge in [0, 0.05) is 18.0 Å². The first-order chi connectivity index (χ1) is 11.2. The lowest BCUT2D eigenvalue weighted by Gasteiger charge is -2.09. The fraction of sp³-hybridized carbons (Fsp3) is 0.375. The number of aromatic nitrogens is 5. The van der Waals surface area contributed by atoms with Crippen molar-refractivity contribution in [1.82, 2.24) is 30.2 Å². The van der Waals surface area contributed by atoms with Crippen LogP contribution in [0.3, 0.4) is 0 Å². The lowest BCUT2D eigenvalue weighted by Crippen LogP contribution is -2.10. The highest BCUT2D eigenvalue weighted by Crippen LogP contribution is 2.38. The van der Waals surface area contributed by atoms with Crippen molar-refractivity contribution in [2.45, 2.75) is 25.3 Å². The predicted octanol–water partition coefficient (Wildman–Crippen LogP) is 2.46. The highest BCUT2D eigenvalue weighted by Gasteiger charge is 2.28. The van der Waals surface area contributed by atoms with Crippen molar-refractivity contribution in [2.24, 2.45) is 0 Å². The quantitative estimate of drug-likeness (QED) is 0.779. The molecule has 0 bridgehead atoms. The van der Waals surface area contributed by atoms with Gasteiger partial charge in [0.25, 0.3) is 5.89 Å². The maximum absolute atomic E-state index is 5.38. The molecule has 0 amide bonds. The van der Waals surface area contributed by atoms with Crippen LogP contribution in [0.4, 0.5) is 0 Å². The monoisotopic (exact) mass is 310 g/mol. The zero-order chi connectivity index (χ0) is 15.8. The highest BCUT2D eigenvalue weighted by atomic mass is 16.5. The third-order valence-electron chi connectivity index (χ3n) is 3.77. The summed E-state index contributed by atoms with van der Waals surface area (Å²) in [7, 11) is 4.08. The molecule has 0 atom stereocenters. The van der Waals surface area contributed by atoms with Gasteiger partial charge in [-0.3, -0.25) is 5.10 Å². The Morgan fingerprint density at radius 3 is 2.87 bits per heavy atom. The highest BCUT2D eigenvalue weighted by molar-refractivity contribution is 5.56. The minimum atomic E-state index is 0.418. The Morgan fingerprint density at radius 1 is 1.22 bits per heavy atom. The Hall–Kier alpha value is -2.54. The number of hydrogen-bond donors (Lipinski definition) is 1. The molecule has 7 nitrogen and oxygen atoms in total. The predicted molar refractivity (Wildman–Crippen MR) is 84.5 cm³/mol. The van der Waals surface area contributed by atoms with Crippen molar-refractivity contribution >= 4 is 0 Å². The van der Waals surface area contributed by atoms with Gasteiger partial charge in [-0.15, -0.1) is 5.10 Å². The van der Waals surface area contributed by atoms with Crippen LogP contribution in [0.2, 0.25) is 0 Å². The summed E-state index contributed by atoms with van der Waals surface area (Å²) in [6, 6.07) is 8.10. The Morgan fingerprint density at radius 2 is 2.09 bits per heavy atom. The lowest BCUT2D eigenvalue weighted by molar-refractivity contribution is 0.402. The van der Waals surface area contributed by atoms with Gasteiger partial charge in [-0.2, -0.15) is 4.98 Å². The Kier molecular flexibility index (Phi) is 3.42. The smallest absolute Gasteiger partial charge is 0.258 e. The zero-order valence-corrected chi connectivity index (χ0v) is 13.2. The van der Waals surface area contributed by atoms with Gasteiger partial charge in [0.05, 0.1) is 0 Å². The molecule has 1 aliphatic carbocycles. The van der Waals surface area contributed by atoms with Crippen LogP contribution >= 0.6 is 0 Å². The summed E-state index contributed by atoms with van der Waals surface area (Å²) in [6.45, 7) is 0.862. The summed E-state index contributed by atoms with van der Waals surface area (Å²) >= 11 is 0. The molecule has 0 aliphatic heterocycles. The number of hydrogen-bond acceptors (Lipinski definition) is 6. The molecular weight excluding hydrogens is 292 g/mol. The Labute approximate surface area is 133 Å². The van der Waals surface area contributed by atoms with Crippen LogP contribution in [0.5, 0.6) is 0 Å². The number of nitrogens with zero attached hydrogens (tertiary/aromatic N) is 5. The van der Waals surface area contributed by atoms with Gasteiger partial charge < -0.3 is 9.42 Å². The average molecular weight is 310 g/mol. The molecule has 0 saturated heterocycles. The molecule has 1 aromatic carbocycles. The zero-order valence-electron chi connectivity index (χ0n) is 13.2. The molecule has 7 heteroatoms. The first-order valence-corrected chi connectivity index (χ1v) is 7.69. The van der Waals surface area contributed by atoms with E-state index in [2.05, 4.69) is 42.4 Å². The van der Waals surface area contributed by atoms with Crippen LogP contribution in [-0.4, -0.2) is 44.3 Å². The second kappa shape index (κ2) is 5.58. The van der Waals surface area contributed by atoms with Crippen molar-refractivity contribution in [2.75, 3.05) is 14.1 Å². The van der Waals surface area contributed by atoms with Crippen LogP contribution in [0.1, 0.15) is 30.1 Å². The summed E-state index contributed by atoms with van der Waals surface area (Å²) < 4.78 is 5.38. The molecule has 2 aromatic heterocycles. The van der Waals surface area contributed by atoms with Crippen molar-refractivity contribution in [3.8, 4) is 23.1 Å². The Bertz CT molecular complexity index is 817. The van der Waals surface area contributed by atoms with Gasteiger partial charge in [0.2, 0.25) is 11.6 Å². The molecule has 23 heavy (non-hydrogen) atoms. The van der Waals surface area contributed by atoms with Gasteiger partial charge in [-0.1, -0.05) is 17.3 Å². The molecule has 3 aromatic rings. The van der Waals surface area contributed by atoms with Gasteiger partial charge in [-0.25, -0.2) is 4.98 Å². The SMILES string of the molecule is CN(C)Cc1cccc(-c2nc(-c3n[nH]c(C4CC4)n3)no2)c1. The third-order valence-corrected chi connectivity index (χ3v) is 3.77. The third kappa shape index (κ3) is 3.00. The minimum Gasteiger partial charge on any atom is -0.333 e. The maximum atomic E-state index is 5.38. The first kappa shape index (κ1) is 14.1. The standard InChI is InChI=1S/C16H18N6O/c1-22(2)9-10-4-3-5-12(8-10)16-18-15(21-23-16)14-17-13(19-20-14)11-6-7-11/h3-5,8,11H,6-7,9H2,1-2H3,(H,17,19,20). The summed E-state index contributed by atoms with van der Waals surface area (Å²) in [6.07, 6.45) is 2.34. The van der Waals surface area contributed by atoms with E-state index in [-0.39, 0.29) is 0 Å². The van der Waals surface area contributed by atoms with Gasteiger partial charge in [0.1, 0.15) is 5.82 Å². The second-order valence-electron chi connectivity index (χ2n) is 6.18. The largest absolute Gasteiger partial charge is 0.333 e. The molecule has 1 fully saturated rings. The van der Waals surface area contributed by atoms with Crippen molar-refractivity contribution in [3.05, 3.63) is 35.7 Å². The summed E-state index contributed by atoms with van der Waals surface area (Å²) in [5, 5.41) is 11.1. The van der Waals surface area contributed by atoms with E-state index >= 15 is 0 Å².